The maximum atomic E-state index is 11.7. The van der Waals surface area contributed by atoms with Gasteiger partial charge in [0.25, 0.3) is 5.69 Å². The standard InChI is InChI=1S/C14H21N3O3/c1-4-8-15-14(18)11(3)16-9-12-6-5-7-13(10(12)2)17(19)20/h5-7,11,16H,4,8-9H2,1-3H3,(H,15,18). The van der Waals surface area contributed by atoms with Gasteiger partial charge in [-0.2, -0.15) is 0 Å². The summed E-state index contributed by atoms with van der Waals surface area (Å²) in [5, 5.41) is 16.7. The van der Waals surface area contributed by atoms with Gasteiger partial charge in [-0.25, -0.2) is 0 Å². The second-order valence-corrected chi connectivity index (χ2v) is 4.71. The van der Waals surface area contributed by atoms with Crippen molar-refractivity contribution in [3.8, 4) is 0 Å². The van der Waals surface area contributed by atoms with Gasteiger partial charge in [0, 0.05) is 24.7 Å². The predicted molar refractivity (Wildman–Crippen MR) is 77.4 cm³/mol. The van der Waals surface area contributed by atoms with Gasteiger partial charge in [-0.1, -0.05) is 19.1 Å². The van der Waals surface area contributed by atoms with Crippen LogP contribution in [0, 0.1) is 17.0 Å². The van der Waals surface area contributed by atoms with Crippen molar-refractivity contribution in [1.29, 1.82) is 0 Å². The minimum atomic E-state index is -0.393. The molecule has 1 aromatic carbocycles. The second kappa shape index (κ2) is 7.59. The number of nitrogens with one attached hydrogen (secondary N) is 2. The summed E-state index contributed by atoms with van der Waals surface area (Å²) in [6.45, 7) is 6.56. The van der Waals surface area contributed by atoms with E-state index in [1.54, 1.807) is 19.9 Å². The zero-order valence-corrected chi connectivity index (χ0v) is 12.1. The fourth-order valence-corrected chi connectivity index (χ4v) is 1.82. The molecule has 0 saturated heterocycles. The van der Waals surface area contributed by atoms with Crippen LogP contribution in [0.4, 0.5) is 5.69 Å². The van der Waals surface area contributed by atoms with Crippen LogP contribution in [-0.2, 0) is 11.3 Å². The number of amides is 1. The van der Waals surface area contributed by atoms with Crippen LogP contribution < -0.4 is 10.6 Å². The van der Waals surface area contributed by atoms with E-state index in [1.807, 2.05) is 13.0 Å². The van der Waals surface area contributed by atoms with Crippen LogP contribution in [0.5, 0.6) is 0 Å². The van der Waals surface area contributed by atoms with Crippen LogP contribution in [-0.4, -0.2) is 23.4 Å². The van der Waals surface area contributed by atoms with Crippen LogP contribution in [0.2, 0.25) is 0 Å². The molecule has 1 aromatic rings. The third kappa shape index (κ3) is 4.31. The third-order valence-electron chi connectivity index (χ3n) is 3.16. The lowest BCUT2D eigenvalue weighted by Crippen LogP contribution is -2.42. The quantitative estimate of drug-likeness (QED) is 0.590. The Balaban J connectivity index is 2.64. The van der Waals surface area contributed by atoms with E-state index in [9.17, 15) is 14.9 Å². The molecule has 2 N–H and O–H groups in total. The molecule has 0 heterocycles. The lowest BCUT2D eigenvalue weighted by Gasteiger charge is -2.14. The van der Waals surface area contributed by atoms with Gasteiger partial charge in [0.05, 0.1) is 11.0 Å². The number of carbonyl (C=O) groups excluding carboxylic acids is 1. The Labute approximate surface area is 118 Å². The number of benzene rings is 1. The number of carbonyl (C=O) groups is 1. The summed E-state index contributed by atoms with van der Waals surface area (Å²) in [5.41, 5.74) is 1.56. The first kappa shape index (κ1) is 16.1. The van der Waals surface area contributed by atoms with Gasteiger partial charge in [0.2, 0.25) is 5.91 Å². The van der Waals surface area contributed by atoms with Crippen LogP contribution in [0.1, 0.15) is 31.4 Å². The Hall–Kier alpha value is -1.95. The van der Waals surface area contributed by atoms with Gasteiger partial charge in [0.15, 0.2) is 0 Å². The highest BCUT2D eigenvalue weighted by molar-refractivity contribution is 5.81. The zero-order chi connectivity index (χ0) is 15.1. The fourth-order valence-electron chi connectivity index (χ4n) is 1.82. The molecule has 0 aliphatic rings. The Morgan fingerprint density at radius 3 is 2.75 bits per heavy atom. The van der Waals surface area contributed by atoms with Crippen molar-refractivity contribution in [1.82, 2.24) is 10.6 Å². The molecule has 0 aliphatic heterocycles. The summed E-state index contributed by atoms with van der Waals surface area (Å²) in [4.78, 5) is 22.2. The number of nitrogens with zero attached hydrogens (tertiary/aromatic N) is 1. The second-order valence-electron chi connectivity index (χ2n) is 4.71. The maximum absolute atomic E-state index is 11.7. The molecule has 0 bridgehead atoms. The van der Waals surface area contributed by atoms with Crippen molar-refractivity contribution in [3.63, 3.8) is 0 Å². The first-order valence-corrected chi connectivity index (χ1v) is 6.71. The Morgan fingerprint density at radius 1 is 1.45 bits per heavy atom. The molecule has 1 amide bonds. The number of rotatable bonds is 7. The average Bonchev–Trinajstić information content (AvgIpc) is 2.42. The van der Waals surface area contributed by atoms with Gasteiger partial charge in [-0.15, -0.1) is 0 Å². The van der Waals surface area contributed by atoms with E-state index in [1.165, 1.54) is 6.07 Å². The smallest absolute Gasteiger partial charge is 0.272 e. The number of hydrogen-bond donors (Lipinski definition) is 2. The van der Waals surface area contributed by atoms with Crippen molar-refractivity contribution in [2.75, 3.05) is 6.54 Å². The molecule has 0 fully saturated rings. The van der Waals surface area contributed by atoms with Crippen molar-refractivity contribution >= 4 is 11.6 Å². The lowest BCUT2D eigenvalue weighted by atomic mass is 10.1. The summed E-state index contributed by atoms with van der Waals surface area (Å²) in [5.74, 6) is -0.0602. The first-order chi connectivity index (χ1) is 9.47. The summed E-state index contributed by atoms with van der Waals surface area (Å²) in [7, 11) is 0. The Kier molecular flexibility index (Phi) is 6.11. The topological polar surface area (TPSA) is 84.3 Å². The molecule has 0 spiro atoms. The van der Waals surface area contributed by atoms with E-state index in [4.69, 9.17) is 0 Å². The Morgan fingerprint density at radius 2 is 2.15 bits per heavy atom. The summed E-state index contributed by atoms with van der Waals surface area (Å²) in [6, 6.07) is 4.63. The molecular formula is C14H21N3O3. The summed E-state index contributed by atoms with van der Waals surface area (Å²) >= 11 is 0. The molecule has 20 heavy (non-hydrogen) atoms. The molecule has 6 nitrogen and oxygen atoms in total. The van der Waals surface area contributed by atoms with Crippen LogP contribution in [0.25, 0.3) is 0 Å². The number of hydrogen-bond acceptors (Lipinski definition) is 4. The van der Waals surface area contributed by atoms with E-state index in [2.05, 4.69) is 10.6 Å². The van der Waals surface area contributed by atoms with E-state index in [0.717, 1.165) is 12.0 Å². The zero-order valence-electron chi connectivity index (χ0n) is 12.1. The largest absolute Gasteiger partial charge is 0.355 e. The lowest BCUT2D eigenvalue weighted by molar-refractivity contribution is -0.385. The van der Waals surface area contributed by atoms with Gasteiger partial charge in [-0.05, 0) is 25.8 Å². The normalized spacial score (nSPS) is 11.9. The van der Waals surface area contributed by atoms with E-state index < -0.39 is 4.92 Å². The monoisotopic (exact) mass is 279 g/mol. The van der Waals surface area contributed by atoms with E-state index in [0.29, 0.717) is 18.7 Å². The molecular weight excluding hydrogens is 258 g/mol. The minimum Gasteiger partial charge on any atom is -0.355 e. The van der Waals surface area contributed by atoms with E-state index in [-0.39, 0.29) is 17.6 Å². The maximum Gasteiger partial charge on any atom is 0.272 e. The van der Waals surface area contributed by atoms with Crippen LogP contribution in [0.15, 0.2) is 18.2 Å². The first-order valence-electron chi connectivity index (χ1n) is 6.71. The minimum absolute atomic E-state index is 0.0602. The highest BCUT2D eigenvalue weighted by Crippen LogP contribution is 2.20. The van der Waals surface area contributed by atoms with Gasteiger partial charge in [-0.3, -0.25) is 14.9 Å². The number of nitro benzene ring substituents is 1. The van der Waals surface area contributed by atoms with E-state index >= 15 is 0 Å². The molecule has 6 heteroatoms. The fraction of sp³-hybridized carbons (Fsp3) is 0.500. The Bertz CT molecular complexity index is 489. The highest BCUT2D eigenvalue weighted by Gasteiger charge is 2.15. The molecule has 1 atom stereocenters. The molecule has 0 aliphatic carbocycles. The van der Waals surface area contributed by atoms with Crippen molar-refractivity contribution in [2.24, 2.45) is 0 Å². The van der Waals surface area contributed by atoms with Crippen LogP contribution in [0.3, 0.4) is 0 Å². The van der Waals surface area contributed by atoms with Crippen LogP contribution >= 0.6 is 0 Å². The summed E-state index contributed by atoms with van der Waals surface area (Å²) in [6.07, 6.45) is 0.891. The predicted octanol–water partition coefficient (Wildman–Crippen LogP) is 1.91. The molecule has 1 rings (SSSR count). The number of nitro groups is 1. The SMILES string of the molecule is CCCNC(=O)C(C)NCc1cccc([N+](=O)[O-])c1C. The van der Waals surface area contributed by atoms with Crippen molar-refractivity contribution in [2.45, 2.75) is 39.8 Å². The van der Waals surface area contributed by atoms with Crippen molar-refractivity contribution in [3.05, 3.63) is 39.4 Å². The summed E-state index contributed by atoms with van der Waals surface area (Å²) < 4.78 is 0. The molecule has 0 radical (unpaired) electrons. The molecule has 0 saturated carbocycles. The molecule has 1 unspecified atom stereocenters. The van der Waals surface area contributed by atoms with Gasteiger partial charge >= 0.3 is 0 Å². The van der Waals surface area contributed by atoms with Gasteiger partial charge < -0.3 is 10.6 Å². The van der Waals surface area contributed by atoms with Gasteiger partial charge in [0.1, 0.15) is 0 Å². The van der Waals surface area contributed by atoms with Crippen molar-refractivity contribution < 1.29 is 9.72 Å². The molecule has 110 valence electrons. The highest BCUT2D eigenvalue weighted by atomic mass is 16.6. The third-order valence-corrected chi connectivity index (χ3v) is 3.16. The average molecular weight is 279 g/mol. The molecule has 0 aromatic heterocycles.